The van der Waals surface area contributed by atoms with Crippen molar-refractivity contribution < 1.29 is 0 Å². The van der Waals surface area contributed by atoms with Gasteiger partial charge in [0.1, 0.15) is 0 Å². The molecule has 0 unspecified atom stereocenters. The third-order valence-electron chi connectivity index (χ3n) is 5.27. The van der Waals surface area contributed by atoms with Crippen LogP contribution in [0.5, 0.6) is 0 Å². The highest BCUT2D eigenvalue weighted by atomic mass is 35.5. The van der Waals surface area contributed by atoms with E-state index in [1.165, 1.54) is 11.0 Å². The van der Waals surface area contributed by atoms with Crippen LogP contribution in [0.15, 0.2) is 58.1 Å². The molecule has 5 heteroatoms. The summed E-state index contributed by atoms with van der Waals surface area (Å²) < 4.78 is 3.21. The minimum atomic E-state index is -0.212. The summed E-state index contributed by atoms with van der Waals surface area (Å²) in [6.45, 7) is 0.420. The summed E-state index contributed by atoms with van der Waals surface area (Å²) in [5, 5.41) is 1.27. The topological polar surface area (TPSA) is 44.0 Å². The van der Waals surface area contributed by atoms with Gasteiger partial charge < -0.3 is 0 Å². The first kappa shape index (κ1) is 17.1. The van der Waals surface area contributed by atoms with E-state index in [1.807, 2.05) is 48.5 Å². The number of para-hydroxylation sites is 1. The summed E-state index contributed by atoms with van der Waals surface area (Å²) >= 11 is 5.97. The lowest BCUT2D eigenvalue weighted by Gasteiger charge is -2.24. The zero-order valence-corrected chi connectivity index (χ0v) is 15.3. The van der Waals surface area contributed by atoms with Gasteiger partial charge in [-0.15, -0.1) is 0 Å². The fraction of sp³-hybridized carbons (Fsp3) is 0.333. The predicted molar refractivity (Wildman–Crippen MR) is 105 cm³/mol. The molecule has 1 aliphatic rings. The van der Waals surface area contributed by atoms with Gasteiger partial charge in [0.2, 0.25) is 0 Å². The first-order valence-corrected chi connectivity index (χ1v) is 9.51. The number of aromatic nitrogens is 2. The van der Waals surface area contributed by atoms with E-state index in [0.29, 0.717) is 22.5 Å². The quantitative estimate of drug-likeness (QED) is 0.689. The van der Waals surface area contributed by atoms with Crippen LogP contribution in [0.3, 0.4) is 0 Å². The molecule has 1 aliphatic carbocycles. The average Bonchev–Trinajstić information content (AvgIpc) is 2.68. The number of benzene rings is 2. The van der Waals surface area contributed by atoms with Crippen LogP contribution >= 0.6 is 11.6 Å². The number of rotatable bonds is 3. The molecule has 0 radical (unpaired) electrons. The van der Waals surface area contributed by atoms with Crippen molar-refractivity contribution >= 4 is 22.5 Å². The Hall–Kier alpha value is -2.33. The van der Waals surface area contributed by atoms with Gasteiger partial charge in [-0.2, -0.15) is 0 Å². The van der Waals surface area contributed by atoms with E-state index >= 15 is 0 Å². The van der Waals surface area contributed by atoms with Crippen molar-refractivity contribution in [2.45, 2.75) is 44.7 Å². The van der Waals surface area contributed by atoms with Crippen LogP contribution in [-0.4, -0.2) is 9.13 Å². The molecule has 2 aromatic carbocycles. The first-order valence-electron chi connectivity index (χ1n) is 9.13. The Kier molecular flexibility index (Phi) is 4.68. The minimum absolute atomic E-state index is 0.00447. The zero-order chi connectivity index (χ0) is 18.1. The third kappa shape index (κ3) is 3.10. The van der Waals surface area contributed by atoms with Gasteiger partial charge >= 0.3 is 5.69 Å². The average molecular weight is 369 g/mol. The lowest BCUT2D eigenvalue weighted by Crippen LogP contribution is -2.43. The SMILES string of the molecule is O=c1c2ccccc2n(Cc2ccc(Cl)cc2)c(=O)n1C1CCCCC1. The van der Waals surface area contributed by atoms with Crippen molar-refractivity contribution in [3.63, 3.8) is 0 Å². The van der Waals surface area contributed by atoms with E-state index in [-0.39, 0.29) is 17.3 Å². The fourth-order valence-electron chi connectivity index (χ4n) is 3.93. The summed E-state index contributed by atoms with van der Waals surface area (Å²) in [5.74, 6) is 0. The highest BCUT2D eigenvalue weighted by Gasteiger charge is 2.22. The lowest BCUT2D eigenvalue weighted by molar-refractivity contribution is 0.333. The van der Waals surface area contributed by atoms with E-state index in [2.05, 4.69) is 0 Å². The van der Waals surface area contributed by atoms with Crippen molar-refractivity contribution in [3.8, 4) is 0 Å². The van der Waals surface area contributed by atoms with Crippen molar-refractivity contribution in [2.24, 2.45) is 0 Å². The van der Waals surface area contributed by atoms with Gasteiger partial charge in [0, 0.05) is 11.1 Å². The maximum atomic E-state index is 13.3. The van der Waals surface area contributed by atoms with Crippen LogP contribution in [0, 0.1) is 0 Å². The molecule has 1 aromatic heterocycles. The molecule has 0 saturated heterocycles. The van der Waals surface area contributed by atoms with E-state index < -0.39 is 0 Å². The first-order chi connectivity index (χ1) is 12.6. The number of hydrogen-bond acceptors (Lipinski definition) is 2. The van der Waals surface area contributed by atoms with Crippen LogP contribution in [0.2, 0.25) is 5.02 Å². The fourth-order valence-corrected chi connectivity index (χ4v) is 4.05. The largest absolute Gasteiger partial charge is 0.332 e. The van der Waals surface area contributed by atoms with Crippen molar-refractivity contribution in [3.05, 3.63) is 80.0 Å². The Balaban J connectivity index is 1.91. The van der Waals surface area contributed by atoms with Crippen LogP contribution in [0.25, 0.3) is 10.9 Å². The number of nitrogens with zero attached hydrogens (tertiary/aromatic N) is 2. The smallest absolute Gasteiger partial charge is 0.289 e. The molecule has 0 atom stereocenters. The monoisotopic (exact) mass is 368 g/mol. The third-order valence-corrected chi connectivity index (χ3v) is 5.53. The normalized spacial score (nSPS) is 15.4. The molecule has 3 aromatic rings. The van der Waals surface area contributed by atoms with Gasteiger partial charge in [-0.05, 0) is 42.7 Å². The number of hydrogen-bond donors (Lipinski definition) is 0. The standard InChI is InChI=1S/C21H21ClN2O2/c22-16-12-10-15(11-13-16)14-23-19-9-5-4-8-18(19)20(25)24(21(23)26)17-6-2-1-3-7-17/h4-5,8-13,17H,1-3,6-7,14H2. The summed E-state index contributed by atoms with van der Waals surface area (Å²) in [5.41, 5.74) is 1.29. The second kappa shape index (κ2) is 7.12. The molecule has 0 aliphatic heterocycles. The summed E-state index contributed by atoms with van der Waals surface area (Å²) in [6.07, 6.45) is 5.11. The lowest BCUT2D eigenvalue weighted by atomic mass is 9.95. The molecule has 26 heavy (non-hydrogen) atoms. The molecular formula is C21H21ClN2O2. The van der Waals surface area contributed by atoms with E-state index in [0.717, 1.165) is 31.2 Å². The molecular weight excluding hydrogens is 348 g/mol. The zero-order valence-electron chi connectivity index (χ0n) is 14.5. The van der Waals surface area contributed by atoms with Gasteiger partial charge in [0.15, 0.2) is 0 Å². The maximum Gasteiger partial charge on any atom is 0.332 e. The van der Waals surface area contributed by atoms with Crippen LogP contribution < -0.4 is 11.2 Å². The van der Waals surface area contributed by atoms with Gasteiger partial charge in [-0.25, -0.2) is 4.79 Å². The van der Waals surface area contributed by atoms with E-state index in [9.17, 15) is 9.59 Å². The summed E-state index contributed by atoms with van der Waals surface area (Å²) in [4.78, 5) is 26.3. The summed E-state index contributed by atoms with van der Waals surface area (Å²) in [6, 6.07) is 14.9. The molecule has 0 bridgehead atoms. The van der Waals surface area contributed by atoms with Gasteiger partial charge in [0.05, 0.1) is 17.4 Å². The predicted octanol–water partition coefficient (Wildman–Crippen LogP) is 4.37. The number of fused-ring (bicyclic) bond motifs is 1. The molecule has 0 amide bonds. The van der Waals surface area contributed by atoms with Crippen molar-refractivity contribution in [1.29, 1.82) is 0 Å². The van der Waals surface area contributed by atoms with Crippen LogP contribution in [0.1, 0.15) is 43.7 Å². The molecule has 0 spiro atoms. The Morgan fingerprint density at radius 3 is 2.35 bits per heavy atom. The maximum absolute atomic E-state index is 13.3. The van der Waals surface area contributed by atoms with E-state index in [1.54, 1.807) is 4.57 Å². The van der Waals surface area contributed by atoms with Crippen molar-refractivity contribution in [2.75, 3.05) is 0 Å². The molecule has 0 N–H and O–H groups in total. The number of halogens is 1. The second-order valence-corrected chi connectivity index (χ2v) is 7.42. The molecule has 1 fully saturated rings. The molecule has 4 rings (SSSR count). The second-order valence-electron chi connectivity index (χ2n) is 6.98. The van der Waals surface area contributed by atoms with Crippen LogP contribution in [-0.2, 0) is 6.54 Å². The minimum Gasteiger partial charge on any atom is -0.289 e. The molecule has 134 valence electrons. The van der Waals surface area contributed by atoms with Crippen molar-refractivity contribution in [1.82, 2.24) is 9.13 Å². The Bertz CT molecular complexity index is 1040. The molecule has 4 nitrogen and oxygen atoms in total. The Morgan fingerprint density at radius 1 is 0.923 bits per heavy atom. The van der Waals surface area contributed by atoms with Gasteiger partial charge in [-0.1, -0.05) is 55.1 Å². The Labute approximate surface area is 156 Å². The van der Waals surface area contributed by atoms with Crippen LogP contribution in [0.4, 0.5) is 0 Å². The summed E-state index contributed by atoms with van der Waals surface area (Å²) in [7, 11) is 0. The van der Waals surface area contributed by atoms with E-state index in [4.69, 9.17) is 11.6 Å². The molecule has 1 heterocycles. The van der Waals surface area contributed by atoms with Gasteiger partial charge in [-0.3, -0.25) is 13.9 Å². The Morgan fingerprint density at radius 2 is 1.62 bits per heavy atom. The molecule has 1 saturated carbocycles. The highest BCUT2D eigenvalue weighted by molar-refractivity contribution is 6.30. The highest BCUT2D eigenvalue weighted by Crippen LogP contribution is 2.26. The van der Waals surface area contributed by atoms with Gasteiger partial charge in [0.25, 0.3) is 5.56 Å².